The van der Waals surface area contributed by atoms with Crippen molar-refractivity contribution in [2.75, 3.05) is 19.6 Å². The van der Waals surface area contributed by atoms with Crippen LogP contribution in [0.1, 0.15) is 54.9 Å². The van der Waals surface area contributed by atoms with Crippen LogP contribution in [0.2, 0.25) is 18.1 Å². The van der Waals surface area contributed by atoms with Gasteiger partial charge in [0.1, 0.15) is 4.75 Å². The summed E-state index contributed by atoms with van der Waals surface area (Å²) in [6.07, 6.45) is 5.19. The van der Waals surface area contributed by atoms with E-state index in [-0.39, 0.29) is 21.9 Å². The van der Waals surface area contributed by atoms with E-state index in [0.29, 0.717) is 0 Å². The molecule has 0 spiro atoms. The van der Waals surface area contributed by atoms with Crippen molar-refractivity contribution in [2.45, 2.75) is 89.9 Å². The summed E-state index contributed by atoms with van der Waals surface area (Å²) in [6, 6.07) is -0.0231. The fraction of sp³-hybridized carbons (Fsp3) is 0.810. The van der Waals surface area contributed by atoms with E-state index in [1.54, 1.807) is 0 Å². The minimum absolute atomic E-state index is 0.0191. The average molecular weight is 415 g/mol. The summed E-state index contributed by atoms with van der Waals surface area (Å²) in [5.74, 6) is 0. The van der Waals surface area contributed by atoms with Crippen LogP contribution in [0.4, 0.5) is 0 Å². The summed E-state index contributed by atoms with van der Waals surface area (Å²) in [4.78, 5) is 2.37. The lowest BCUT2D eigenvalue weighted by molar-refractivity contribution is 0.170. The first-order valence-corrected chi connectivity index (χ1v) is 14.1. The SMILES string of the molecule is C=CCN1CC=C(C(N[S+]([O-])C(C)(C)C)[C@@H](C)O[Si](C)(C)C(C)(C)C)CC1. The zero-order valence-electron chi connectivity index (χ0n) is 19.0. The van der Waals surface area contributed by atoms with E-state index in [0.717, 1.165) is 26.1 Å². The summed E-state index contributed by atoms with van der Waals surface area (Å²) in [6.45, 7) is 26.2. The lowest BCUT2D eigenvalue weighted by Gasteiger charge is -2.42. The molecule has 4 nitrogen and oxygen atoms in total. The molecule has 6 heteroatoms. The Morgan fingerprint density at radius 1 is 1.33 bits per heavy atom. The Bertz CT molecular complexity index is 523. The van der Waals surface area contributed by atoms with E-state index in [1.165, 1.54) is 5.57 Å². The van der Waals surface area contributed by atoms with Crippen LogP contribution in [-0.2, 0) is 15.8 Å². The predicted molar refractivity (Wildman–Crippen MR) is 122 cm³/mol. The summed E-state index contributed by atoms with van der Waals surface area (Å²) >= 11 is -1.14. The summed E-state index contributed by atoms with van der Waals surface area (Å²) < 4.78 is 22.6. The molecule has 0 amide bonds. The molecule has 158 valence electrons. The monoisotopic (exact) mass is 414 g/mol. The molecule has 0 aromatic heterocycles. The highest BCUT2D eigenvalue weighted by Gasteiger charge is 2.42. The van der Waals surface area contributed by atoms with Crippen molar-refractivity contribution in [3.63, 3.8) is 0 Å². The zero-order valence-corrected chi connectivity index (χ0v) is 20.8. The molecule has 0 bridgehead atoms. The molecule has 2 unspecified atom stereocenters. The standard InChI is InChI=1S/C21H42N2O2SSi/c1-11-14-23-15-12-18(13-16-23)19(22-26(24)20(3,4)5)17(2)25-27(9,10)21(6,7)8/h11-12,17,19,22H,1,13-16H2,2-10H3/t17-,19?,26?/m1/s1. The van der Waals surface area contributed by atoms with Crippen LogP contribution in [0.3, 0.4) is 0 Å². The summed E-state index contributed by atoms with van der Waals surface area (Å²) in [7, 11) is -1.91. The van der Waals surface area contributed by atoms with Crippen molar-refractivity contribution in [1.82, 2.24) is 9.62 Å². The Labute approximate surface area is 172 Å². The molecule has 0 fully saturated rings. The van der Waals surface area contributed by atoms with Gasteiger partial charge in [0.2, 0.25) is 0 Å². The van der Waals surface area contributed by atoms with E-state index < -0.39 is 19.7 Å². The second-order valence-corrected chi connectivity index (χ2v) is 16.9. The maximum Gasteiger partial charge on any atom is 0.192 e. The molecule has 27 heavy (non-hydrogen) atoms. The van der Waals surface area contributed by atoms with Crippen LogP contribution < -0.4 is 4.72 Å². The lowest BCUT2D eigenvalue weighted by atomic mass is 9.97. The van der Waals surface area contributed by atoms with Gasteiger partial charge in [-0.05, 0) is 57.8 Å². The number of rotatable bonds is 8. The maximum absolute atomic E-state index is 12.9. The van der Waals surface area contributed by atoms with Crippen LogP contribution in [0.15, 0.2) is 24.3 Å². The largest absolute Gasteiger partial charge is 0.598 e. The first kappa shape index (κ1) is 24.9. The van der Waals surface area contributed by atoms with E-state index in [2.05, 4.69) is 63.1 Å². The minimum atomic E-state index is -1.91. The van der Waals surface area contributed by atoms with E-state index in [1.807, 2.05) is 26.8 Å². The van der Waals surface area contributed by atoms with Gasteiger partial charge in [-0.15, -0.1) is 11.3 Å². The van der Waals surface area contributed by atoms with Crippen molar-refractivity contribution in [3.8, 4) is 0 Å². The molecule has 0 aromatic carbocycles. The third-order valence-corrected chi connectivity index (χ3v) is 11.8. The first-order chi connectivity index (χ1) is 12.2. The number of nitrogens with one attached hydrogen (secondary N) is 1. The summed E-state index contributed by atoms with van der Waals surface area (Å²) in [5.41, 5.74) is 1.32. The number of nitrogens with zero attached hydrogens (tertiary/aromatic N) is 1. The van der Waals surface area contributed by atoms with Gasteiger partial charge in [-0.3, -0.25) is 4.90 Å². The smallest absolute Gasteiger partial charge is 0.192 e. The third kappa shape index (κ3) is 7.33. The molecule has 0 aromatic rings. The van der Waals surface area contributed by atoms with Crippen molar-refractivity contribution >= 4 is 19.7 Å². The van der Waals surface area contributed by atoms with Crippen molar-refractivity contribution in [1.29, 1.82) is 0 Å². The Morgan fingerprint density at radius 2 is 1.93 bits per heavy atom. The third-order valence-electron chi connectivity index (χ3n) is 5.66. The van der Waals surface area contributed by atoms with Gasteiger partial charge in [-0.2, -0.15) is 0 Å². The Kier molecular flexibility index (Phi) is 8.85. The highest BCUT2D eigenvalue weighted by Crippen LogP contribution is 2.38. The molecular formula is C21H42N2O2SSi. The Hall–Kier alpha value is -0.113. The molecule has 3 atom stereocenters. The van der Waals surface area contributed by atoms with Crippen LogP contribution >= 0.6 is 0 Å². The van der Waals surface area contributed by atoms with E-state index in [9.17, 15) is 4.55 Å². The second-order valence-electron chi connectivity index (χ2n) is 10.1. The normalized spacial score (nSPS) is 20.7. The molecule has 0 saturated heterocycles. The minimum Gasteiger partial charge on any atom is -0.598 e. The molecule has 0 radical (unpaired) electrons. The molecule has 0 aliphatic carbocycles. The fourth-order valence-electron chi connectivity index (χ4n) is 2.83. The highest BCUT2D eigenvalue weighted by atomic mass is 32.2. The van der Waals surface area contributed by atoms with Crippen LogP contribution in [-0.4, -0.2) is 54.3 Å². The second kappa shape index (κ2) is 9.59. The van der Waals surface area contributed by atoms with E-state index >= 15 is 0 Å². The first-order valence-electron chi connectivity index (χ1n) is 10.1. The molecule has 1 aliphatic heterocycles. The topological polar surface area (TPSA) is 47.6 Å². The molecule has 1 N–H and O–H groups in total. The lowest BCUT2D eigenvalue weighted by Crippen LogP contribution is -2.54. The van der Waals surface area contributed by atoms with Gasteiger partial charge in [0, 0.05) is 31.0 Å². The van der Waals surface area contributed by atoms with Gasteiger partial charge in [-0.1, -0.05) is 32.9 Å². The van der Waals surface area contributed by atoms with Gasteiger partial charge in [0.25, 0.3) is 0 Å². The van der Waals surface area contributed by atoms with Gasteiger partial charge >= 0.3 is 0 Å². The molecular weight excluding hydrogens is 372 g/mol. The van der Waals surface area contributed by atoms with Crippen LogP contribution in [0.5, 0.6) is 0 Å². The van der Waals surface area contributed by atoms with Gasteiger partial charge in [0.15, 0.2) is 8.32 Å². The Morgan fingerprint density at radius 3 is 2.33 bits per heavy atom. The predicted octanol–water partition coefficient (Wildman–Crippen LogP) is 4.64. The fourth-order valence-corrected chi connectivity index (χ4v) is 5.18. The van der Waals surface area contributed by atoms with Crippen LogP contribution in [0.25, 0.3) is 0 Å². The highest BCUT2D eigenvalue weighted by molar-refractivity contribution is 7.90. The van der Waals surface area contributed by atoms with Crippen molar-refractivity contribution < 1.29 is 8.98 Å². The average Bonchev–Trinajstić information content (AvgIpc) is 2.51. The molecule has 1 heterocycles. The quantitative estimate of drug-likeness (QED) is 0.357. The molecule has 0 saturated carbocycles. The van der Waals surface area contributed by atoms with Gasteiger partial charge < -0.3 is 8.98 Å². The Balaban J connectivity index is 3.03. The van der Waals surface area contributed by atoms with E-state index in [4.69, 9.17) is 4.43 Å². The molecule has 1 aliphatic rings. The van der Waals surface area contributed by atoms with Gasteiger partial charge in [0.05, 0.1) is 12.1 Å². The number of hydrogen-bond acceptors (Lipinski definition) is 4. The zero-order chi connectivity index (χ0) is 21.0. The maximum atomic E-state index is 12.9. The van der Waals surface area contributed by atoms with Crippen molar-refractivity contribution in [2.24, 2.45) is 0 Å². The van der Waals surface area contributed by atoms with Crippen molar-refractivity contribution in [3.05, 3.63) is 24.3 Å². The number of hydrogen-bond donors (Lipinski definition) is 1. The summed E-state index contributed by atoms with van der Waals surface area (Å²) in [5, 5.41) is 0.149. The molecule has 1 rings (SSSR count). The van der Waals surface area contributed by atoms with Crippen LogP contribution in [0, 0.1) is 0 Å². The van der Waals surface area contributed by atoms with Gasteiger partial charge in [-0.25, -0.2) is 0 Å².